The maximum Gasteiger partial charge on any atom is 0.292 e. The van der Waals surface area contributed by atoms with Crippen molar-refractivity contribution in [1.82, 2.24) is 10.1 Å². The highest BCUT2D eigenvalue weighted by Crippen LogP contribution is 2.25. The molecule has 3 rings (SSSR count). The van der Waals surface area contributed by atoms with Gasteiger partial charge in [0.2, 0.25) is 5.76 Å². The number of amides is 1. The molecule has 0 spiro atoms. The molecule has 0 aliphatic carbocycles. The van der Waals surface area contributed by atoms with E-state index in [0.717, 1.165) is 12.0 Å². The van der Waals surface area contributed by atoms with Crippen molar-refractivity contribution in [2.24, 2.45) is 0 Å². The summed E-state index contributed by atoms with van der Waals surface area (Å²) < 4.78 is 15.8. The minimum absolute atomic E-state index is 0.0150. The van der Waals surface area contributed by atoms with E-state index in [1.54, 1.807) is 43.4 Å². The van der Waals surface area contributed by atoms with Gasteiger partial charge in [-0.25, -0.2) is 0 Å². The first-order valence-corrected chi connectivity index (χ1v) is 7.96. The van der Waals surface area contributed by atoms with Gasteiger partial charge in [0.05, 0.1) is 30.4 Å². The van der Waals surface area contributed by atoms with Crippen LogP contribution in [-0.2, 0) is 9.47 Å². The van der Waals surface area contributed by atoms with E-state index in [2.05, 4.69) is 11.2 Å². The summed E-state index contributed by atoms with van der Waals surface area (Å²) in [5.41, 5.74) is 1.77. The number of ether oxygens (including phenoxy) is 2. The molecule has 7 heteroatoms. The standard InChI is InChI=1S/C18H19N3O4/c1-23-11-14-7-15(24-2)10-21(14)18(22)17-8-16(20-25-17)13-5-3-4-12(6-13)9-19/h3-6,8,14-15H,7,10-11H2,1-2H3/t14-,15-/m0/s1. The van der Waals surface area contributed by atoms with Gasteiger partial charge in [-0.3, -0.25) is 4.79 Å². The van der Waals surface area contributed by atoms with Gasteiger partial charge < -0.3 is 18.9 Å². The van der Waals surface area contributed by atoms with Crippen molar-refractivity contribution in [2.75, 3.05) is 27.4 Å². The molecule has 1 saturated heterocycles. The maximum absolute atomic E-state index is 12.8. The van der Waals surface area contributed by atoms with Gasteiger partial charge in [-0.1, -0.05) is 17.3 Å². The van der Waals surface area contributed by atoms with Crippen LogP contribution in [0.1, 0.15) is 22.5 Å². The van der Waals surface area contributed by atoms with Gasteiger partial charge in [-0.15, -0.1) is 0 Å². The van der Waals surface area contributed by atoms with Crippen LogP contribution in [0.25, 0.3) is 11.3 Å². The number of carbonyl (C=O) groups is 1. The quantitative estimate of drug-likeness (QED) is 0.827. The summed E-state index contributed by atoms with van der Waals surface area (Å²) in [4.78, 5) is 14.5. The molecule has 2 aromatic rings. The van der Waals surface area contributed by atoms with E-state index in [0.29, 0.717) is 24.4 Å². The first-order chi connectivity index (χ1) is 12.2. The molecular weight excluding hydrogens is 322 g/mol. The first-order valence-electron chi connectivity index (χ1n) is 7.96. The Bertz CT molecular complexity index is 796. The summed E-state index contributed by atoms with van der Waals surface area (Å²) in [6, 6.07) is 10.6. The van der Waals surface area contributed by atoms with Gasteiger partial charge >= 0.3 is 0 Å². The molecule has 1 aliphatic heterocycles. The zero-order valence-electron chi connectivity index (χ0n) is 14.1. The lowest BCUT2D eigenvalue weighted by atomic mass is 10.1. The van der Waals surface area contributed by atoms with Crippen molar-refractivity contribution in [3.8, 4) is 17.3 Å². The van der Waals surface area contributed by atoms with E-state index in [9.17, 15) is 4.79 Å². The summed E-state index contributed by atoms with van der Waals surface area (Å²) >= 11 is 0. The largest absolute Gasteiger partial charge is 0.383 e. The minimum atomic E-state index is -0.239. The summed E-state index contributed by atoms with van der Waals surface area (Å²) in [6.45, 7) is 0.931. The molecule has 1 aliphatic rings. The van der Waals surface area contributed by atoms with E-state index < -0.39 is 0 Å². The van der Waals surface area contributed by atoms with Crippen LogP contribution < -0.4 is 0 Å². The highest BCUT2D eigenvalue weighted by molar-refractivity contribution is 5.93. The number of methoxy groups -OCH3 is 2. The van der Waals surface area contributed by atoms with Crippen molar-refractivity contribution in [2.45, 2.75) is 18.6 Å². The summed E-state index contributed by atoms with van der Waals surface area (Å²) in [5, 5.41) is 13.0. The summed E-state index contributed by atoms with van der Waals surface area (Å²) in [5.74, 6) is -0.0768. The normalized spacial score (nSPS) is 19.8. The lowest BCUT2D eigenvalue weighted by Crippen LogP contribution is -2.38. The maximum atomic E-state index is 12.8. The molecule has 2 heterocycles. The highest BCUT2D eigenvalue weighted by atomic mass is 16.5. The van der Waals surface area contributed by atoms with E-state index >= 15 is 0 Å². The average Bonchev–Trinajstić information content (AvgIpc) is 3.29. The fourth-order valence-corrected chi connectivity index (χ4v) is 3.05. The predicted molar refractivity (Wildman–Crippen MR) is 88.8 cm³/mol. The molecule has 2 atom stereocenters. The Hall–Kier alpha value is -2.69. The van der Waals surface area contributed by atoms with Crippen LogP contribution in [0.15, 0.2) is 34.9 Å². The van der Waals surface area contributed by atoms with Crippen LogP contribution in [-0.4, -0.2) is 55.5 Å². The second-order valence-electron chi connectivity index (χ2n) is 5.93. The molecule has 1 aromatic carbocycles. The van der Waals surface area contributed by atoms with Crippen LogP contribution in [0.4, 0.5) is 0 Å². The fraction of sp³-hybridized carbons (Fsp3) is 0.389. The van der Waals surface area contributed by atoms with Crippen LogP contribution in [0.5, 0.6) is 0 Å². The average molecular weight is 341 g/mol. The second-order valence-corrected chi connectivity index (χ2v) is 5.93. The third-order valence-electron chi connectivity index (χ3n) is 4.34. The Morgan fingerprint density at radius 2 is 2.28 bits per heavy atom. The Morgan fingerprint density at radius 3 is 3.00 bits per heavy atom. The third-order valence-corrected chi connectivity index (χ3v) is 4.34. The van der Waals surface area contributed by atoms with E-state index in [1.165, 1.54) is 0 Å². The molecule has 25 heavy (non-hydrogen) atoms. The van der Waals surface area contributed by atoms with Crippen LogP contribution in [0.3, 0.4) is 0 Å². The lowest BCUT2D eigenvalue weighted by molar-refractivity contribution is 0.0574. The van der Waals surface area contributed by atoms with Gasteiger partial charge in [0.25, 0.3) is 5.91 Å². The van der Waals surface area contributed by atoms with Crippen molar-refractivity contribution in [1.29, 1.82) is 5.26 Å². The molecule has 130 valence electrons. The highest BCUT2D eigenvalue weighted by Gasteiger charge is 2.37. The predicted octanol–water partition coefficient (Wildman–Crippen LogP) is 2.09. The van der Waals surface area contributed by atoms with Crippen LogP contribution >= 0.6 is 0 Å². The SMILES string of the molecule is COC[C@@H]1C[C@H](OC)CN1C(=O)c1cc(-c2cccc(C#N)c2)no1. The van der Waals surface area contributed by atoms with Gasteiger partial charge in [0.1, 0.15) is 5.69 Å². The van der Waals surface area contributed by atoms with Crippen molar-refractivity contribution in [3.05, 3.63) is 41.7 Å². The zero-order chi connectivity index (χ0) is 17.8. The number of hydrogen-bond donors (Lipinski definition) is 0. The molecule has 1 aromatic heterocycles. The summed E-state index contributed by atoms with van der Waals surface area (Å²) in [7, 11) is 3.24. The third kappa shape index (κ3) is 3.55. The van der Waals surface area contributed by atoms with Crippen molar-refractivity contribution < 1.29 is 18.8 Å². The number of likely N-dealkylation sites (tertiary alicyclic amines) is 1. The Morgan fingerprint density at radius 1 is 1.44 bits per heavy atom. The fourth-order valence-electron chi connectivity index (χ4n) is 3.05. The van der Waals surface area contributed by atoms with Gasteiger partial charge in [0.15, 0.2) is 0 Å². The van der Waals surface area contributed by atoms with Crippen molar-refractivity contribution >= 4 is 5.91 Å². The number of aromatic nitrogens is 1. The first kappa shape index (κ1) is 17.1. The number of benzene rings is 1. The summed E-state index contributed by atoms with van der Waals surface area (Å²) in [6.07, 6.45) is 0.709. The monoisotopic (exact) mass is 341 g/mol. The molecular formula is C18H19N3O4. The zero-order valence-corrected chi connectivity index (χ0v) is 14.1. The molecule has 0 saturated carbocycles. The Labute approximate surface area is 145 Å². The van der Waals surface area contributed by atoms with Gasteiger partial charge in [-0.2, -0.15) is 5.26 Å². The molecule has 0 bridgehead atoms. The molecule has 7 nitrogen and oxygen atoms in total. The molecule has 1 amide bonds. The second kappa shape index (κ2) is 7.47. The minimum Gasteiger partial charge on any atom is -0.383 e. The number of carbonyl (C=O) groups excluding carboxylic acids is 1. The number of rotatable bonds is 5. The number of nitriles is 1. The van der Waals surface area contributed by atoms with Gasteiger partial charge in [-0.05, 0) is 18.6 Å². The molecule has 1 fully saturated rings. The van der Waals surface area contributed by atoms with Crippen LogP contribution in [0, 0.1) is 11.3 Å². The number of nitrogens with zero attached hydrogens (tertiary/aromatic N) is 3. The van der Waals surface area contributed by atoms with Crippen LogP contribution in [0.2, 0.25) is 0 Å². The van der Waals surface area contributed by atoms with E-state index in [4.69, 9.17) is 19.3 Å². The molecule has 0 unspecified atom stereocenters. The van der Waals surface area contributed by atoms with Gasteiger partial charge in [0, 0.05) is 32.4 Å². The Kier molecular flexibility index (Phi) is 5.12. The lowest BCUT2D eigenvalue weighted by Gasteiger charge is -2.22. The topological polar surface area (TPSA) is 88.6 Å². The van der Waals surface area contributed by atoms with E-state index in [1.807, 2.05) is 6.07 Å². The Balaban J connectivity index is 1.81. The number of hydrogen-bond acceptors (Lipinski definition) is 6. The molecule has 0 radical (unpaired) electrons. The molecule has 0 N–H and O–H groups in total. The van der Waals surface area contributed by atoms with E-state index in [-0.39, 0.29) is 23.8 Å². The van der Waals surface area contributed by atoms with Crippen molar-refractivity contribution in [3.63, 3.8) is 0 Å². The smallest absolute Gasteiger partial charge is 0.292 e.